The molecule has 0 fully saturated rings. The number of fused-ring (bicyclic) bond motifs is 1. The van der Waals surface area contributed by atoms with Gasteiger partial charge in [-0.05, 0) is 36.2 Å². The summed E-state index contributed by atoms with van der Waals surface area (Å²) in [6.45, 7) is 3.91. The van der Waals surface area contributed by atoms with Crippen molar-refractivity contribution in [1.82, 2.24) is 14.8 Å². The van der Waals surface area contributed by atoms with Gasteiger partial charge in [-0.2, -0.15) is 18.2 Å². The number of para-hydroxylation sites is 1. The van der Waals surface area contributed by atoms with Gasteiger partial charge in [0.25, 0.3) is 0 Å². The van der Waals surface area contributed by atoms with Crippen molar-refractivity contribution >= 4 is 44.2 Å². The summed E-state index contributed by atoms with van der Waals surface area (Å²) in [4.78, 5) is 4.19. The van der Waals surface area contributed by atoms with Gasteiger partial charge < -0.3 is 4.18 Å². The van der Waals surface area contributed by atoms with E-state index in [9.17, 15) is 8.42 Å². The van der Waals surface area contributed by atoms with Crippen LogP contribution in [0.25, 0.3) is 16.6 Å². The lowest BCUT2D eigenvalue weighted by molar-refractivity contribution is 0.465. The first-order valence-corrected chi connectivity index (χ1v) is 11.3. The normalized spacial score (nSPS) is 11.9. The lowest BCUT2D eigenvalue weighted by Gasteiger charge is -2.11. The maximum atomic E-state index is 13.1. The van der Waals surface area contributed by atoms with Crippen molar-refractivity contribution in [2.24, 2.45) is 0 Å². The zero-order valence-corrected chi connectivity index (χ0v) is 18.4. The minimum Gasteiger partial charge on any atom is -0.358 e. The summed E-state index contributed by atoms with van der Waals surface area (Å²) < 4.78 is 33.2. The molecule has 154 valence electrons. The predicted octanol–water partition coefficient (Wildman–Crippen LogP) is 5.62. The molecule has 0 spiro atoms. The first kappa shape index (κ1) is 20.7. The molecule has 0 bridgehead atoms. The molecule has 0 saturated carbocycles. The highest BCUT2D eigenvalue weighted by molar-refractivity contribution is 7.87. The van der Waals surface area contributed by atoms with Crippen LogP contribution in [-0.2, 0) is 10.1 Å². The van der Waals surface area contributed by atoms with Crippen LogP contribution in [-0.4, -0.2) is 23.2 Å². The average molecular weight is 462 g/mol. The zero-order chi connectivity index (χ0) is 21.5. The smallest absolute Gasteiger partial charge is 0.342 e. The van der Waals surface area contributed by atoms with Crippen molar-refractivity contribution in [3.8, 4) is 11.6 Å². The summed E-state index contributed by atoms with van der Waals surface area (Å²) in [5.74, 6) is 0.100. The van der Waals surface area contributed by atoms with E-state index in [2.05, 4.69) is 10.1 Å². The van der Waals surface area contributed by atoms with Gasteiger partial charge in [-0.15, -0.1) is 0 Å². The van der Waals surface area contributed by atoms with Crippen LogP contribution < -0.4 is 4.18 Å². The monoisotopic (exact) mass is 461 g/mol. The largest absolute Gasteiger partial charge is 0.358 e. The van der Waals surface area contributed by atoms with Crippen molar-refractivity contribution < 1.29 is 12.6 Å². The Morgan fingerprint density at radius 3 is 2.50 bits per heavy atom. The molecule has 2 heterocycles. The highest BCUT2D eigenvalue weighted by Crippen LogP contribution is 2.31. The van der Waals surface area contributed by atoms with Crippen LogP contribution in [0.2, 0.25) is 10.0 Å². The summed E-state index contributed by atoms with van der Waals surface area (Å²) in [5, 5.41) is 5.90. The van der Waals surface area contributed by atoms with Gasteiger partial charge in [-0.25, -0.2) is 0 Å². The Kier molecular flexibility index (Phi) is 5.44. The van der Waals surface area contributed by atoms with Gasteiger partial charge >= 0.3 is 10.1 Å². The number of hydrogen-bond donors (Lipinski definition) is 0. The Bertz CT molecular complexity index is 1350. The number of hydrogen-bond acceptors (Lipinski definition) is 5. The molecule has 6 nitrogen and oxygen atoms in total. The number of aromatic nitrogens is 3. The Labute approximate surface area is 184 Å². The van der Waals surface area contributed by atoms with Gasteiger partial charge in [-0.1, -0.05) is 55.2 Å². The lowest BCUT2D eigenvalue weighted by atomic mass is 10.1. The average Bonchev–Trinajstić information content (AvgIpc) is 3.13. The molecule has 0 aliphatic rings. The first-order chi connectivity index (χ1) is 14.3. The topological polar surface area (TPSA) is 74.1 Å². The standard InChI is InChI=1S/C21H17Cl2N3O3S/c1-13(2)18-12-20(26(25-18)15-8-9-16(22)17(23)11-15)29-30(27,28)19-7-3-5-14-6-4-10-24-21(14)19/h3-13H,1-2H3. The minimum atomic E-state index is -4.18. The predicted molar refractivity (Wildman–Crippen MR) is 117 cm³/mol. The zero-order valence-electron chi connectivity index (χ0n) is 16.1. The fraction of sp³-hybridized carbons (Fsp3) is 0.143. The molecule has 2 aromatic heterocycles. The summed E-state index contributed by atoms with van der Waals surface area (Å²) in [6.07, 6.45) is 1.54. The van der Waals surface area contributed by atoms with Gasteiger partial charge in [0, 0.05) is 17.6 Å². The third-order valence-corrected chi connectivity index (χ3v) is 6.49. The van der Waals surface area contributed by atoms with Crippen LogP contribution in [0.3, 0.4) is 0 Å². The van der Waals surface area contributed by atoms with Crippen molar-refractivity contribution in [3.05, 3.63) is 76.5 Å². The van der Waals surface area contributed by atoms with E-state index in [0.717, 1.165) is 0 Å². The van der Waals surface area contributed by atoms with Gasteiger partial charge in [-0.3, -0.25) is 4.98 Å². The second-order valence-electron chi connectivity index (χ2n) is 6.94. The Hall–Kier alpha value is -2.61. The third-order valence-electron chi connectivity index (χ3n) is 4.49. The van der Waals surface area contributed by atoms with E-state index in [-0.39, 0.29) is 16.7 Å². The van der Waals surface area contributed by atoms with Crippen molar-refractivity contribution in [1.29, 1.82) is 0 Å². The van der Waals surface area contributed by atoms with Crippen LogP contribution in [0.5, 0.6) is 5.88 Å². The maximum Gasteiger partial charge on any atom is 0.342 e. The Balaban J connectivity index is 1.83. The van der Waals surface area contributed by atoms with Gasteiger partial charge in [0.1, 0.15) is 4.90 Å². The van der Waals surface area contributed by atoms with E-state index in [1.54, 1.807) is 48.5 Å². The van der Waals surface area contributed by atoms with Crippen LogP contribution in [0.1, 0.15) is 25.5 Å². The molecule has 0 aliphatic heterocycles. The SMILES string of the molecule is CC(C)c1cc(OS(=O)(=O)c2cccc3cccnc23)n(-c2ccc(Cl)c(Cl)c2)n1. The van der Waals surface area contributed by atoms with Gasteiger partial charge in [0.05, 0.1) is 26.9 Å². The molecular weight excluding hydrogens is 445 g/mol. The van der Waals surface area contributed by atoms with Crippen LogP contribution in [0, 0.1) is 0 Å². The molecule has 0 saturated heterocycles. The molecule has 0 unspecified atom stereocenters. The molecular formula is C21H17Cl2N3O3S. The summed E-state index contributed by atoms with van der Waals surface area (Å²) in [6, 6.07) is 14.9. The quantitative estimate of drug-likeness (QED) is 0.360. The fourth-order valence-corrected chi connectivity index (χ4v) is 4.34. The molecule has 0 N–H and O–H groups in total. The molecule has 0 aliphatic carbocycles. The van der Waals surface area contributed by atoms with Gasteiger partial charge in [0.2, 0.25) is 5.88 Å². The molecule has 0 radical (unpaired) electrons. The third kappa shape index (κ3) is 3.88. The van der Waals surface area contributed by atoms with E-state index in [4.69, 9.17) is 27.4 Å². The van der Waals surface area contributed by atoms with E-state index < -0.39 is 10.1 Å². The minimum absolute atomic E-state index is 0.0198. The van der Waals surface area contributed by atoms with Crippen molar-refractivity contribution in [2.75, 3.05) is 0 Å². The first-order valence-electron chi connectivity index (χ1n) is 9.10. The second kappa shape index (κ2) is 7.91. The highest BCUT2D eigenvalue weighted by Gasteiger charge is 2.24. The summed E-state index contributed by atoms with van der Waals surface area (Å²) in [5.41, 5.74) is 1.53. The summed E-state index contributed by atoms with van der Waals surface area (Å²) >= 11 is 12.1. The van der Waals surface area contributed by atoms with Crippen molar-refractivity contribution in [3.63, 3.8) is 0 Å². The molecule has 4 rings (SSSR count). The summed E-state index contributed by atoms with van der Waals surface area (Å²) in [7, 11) is -4.18. The maximum absolute atomic E-state index is 13.1. The molecule has 9 heteroatoms. The van der Waals surface area contributed by atoms with Crippen LogP contribution in [0.4, 0.5) is 0 Å². The van der Waals surface area contributed by atoms with Crippen LogP contribution >= 0.6 is 23.2 Å². The molecule has 0 atom stereocenters. The van der Waals surface area contributed by atoms with Gasteiger partial charge in [0.15, 0.2) is 0 Å². The van der Waals surface area contributed by atoms with E-state index in [1.807, 2.05) is 13.8 Å². The number of halogens is 2. The number of rotatable bonds is 5. The molecule has 4 aromatic rings. The van der Waals surface area contributed by atoms with E-state index in [0.29, 0.717) is 32.3 Å². The van der Waals surface area contributed by atoms with E-state index in [1.165, 1.54) is 16.9 Å². The number of benzene rings is 2. The van der Waals surface area contributed by atoms with E-state index >= 15 is 0 Å². The number of nitrogens with zero attached hydrogens (tertiary/aromatic N) is 3. The fourth-order valence-electron chi connectivity index (χ4n) is 2.96. The molecule has 2 aromatic carbocycles. The van der Waals surface area contributed by atoms with Crippen molar-refractivity contribution in [2.45, 2.75) is 24.7 Å². The van der Waals surface area contributed by atoms with Crippen LogP contribution in [0.15, 0.2) is 65.7 Å². The number of pyridine rings is 1. The lowest BCUT2D eigenvalue weighted by Crippen LogP contribution is -2.13. The Morgan fingerprint density at radius 1 is 1.00 bits per heavy atom. The molecule has 0 amide bonds. The Morgan fingerprint density at radius 2 is 1.77 bits per heavy atom. The molecule has 30 heavy (non-hydrogen) atoms. The second-order valence-corrected chi connectivity index (χ2v) is 9.27. The highest BCUT2D eigenvalue weighted by atomic mass is 35.5.